The molecule has 36 heavy (non-hydrogen) atoms. The van der Waals surface area contributed by atoms with Crippen LogP contribution in [0.1, 0.15) is 24.6 Å². The van der Waals surface area contributed by atoms with E-state index in [1.807, 2.05) is 30.3 Å². The Morgan fingerprint density at radius 2 is 2.11 bits per heavy atom. The largest absolute Gasteiger partial charge is 0.509 e. The van der Waals surface area contributed by atoms with Crippen molar-refractivity contribution in [2.45, 2.75) is 25.5 Å². The standard InChI is InChI=1S/C26H26N2O6S2/c1-3-26(34-25(31)32-9-11-36-35-10-8-29)20-13-22-23-18(12-17-6-4-5-7-21(17)27-23)14-28(22)16(2)19(20)15-33-24(26)30/h4-7,12-13,29H,2-3,8-11,14-15H2,1H3/t26-/m0/s1. The zero-order valence-electron chi connectivity index (χ0n) is 19.8. The quantitative estimate of drug-likeness (QED) is 0.302. The van der Waals surface area contributed by atoms with E-state index in [0.717, 1.165) is 33.4 Å². The Balaban J connectivity index is 1.45. The lowest BCUT2D eigenvalue weighted by molar-refractivity contribution is -0.165. The van der Waals surface area contributed by atoms with Crippen molar-refractivity contribution in [1.29, 1.82) is 0 Å². The summed E-state index contributed by atoms with van der Waals surface area (Å²) in [7, 11) is 2.97. The van der Waals surface area contributed by atoms with Gasteiger partial charge in [0.2, 0.25) is 5.60 Å². The minimum absolute atomic E-state index is 0.0535. The number of nitrogens with zero attached hydrogens (tertiary/aromatic N) is 2. The Bertz CT molecular complexity index is 1310. The predicted octanol–water partition coefficient (Wildman–Crippen LogP) is 4.45. The van der Waals surface area contributed by atoms with Crippen LogP contribution in [0.4, 0.5) is 4.79 Å². The highest BCUT2D eigenvalue weighted by atomic mass is 33.1. The molecule has 0 aliphatic carbocycles. The van der Waals surface area contributed by atoms with Crippen LogP contribution in [0.25, 0.3) is 16.6 Å². The van der Waals surface area contributed by atoms with Crippen molar-refractivity contribution in [3.63, 3.8) is 0 Å². The number of para-hydroxylation sites is 1. The number of aliphatic hydroxyl groups excluding tert-OH is 1. The minimum atomic E-state index is -1.63. The molecule has 0 bridgehead atoms. The number of aliphatic hydroxyl groups is 1. The van der Waals surface area contributed by atoms with E-state index in [4.69, 9.17) is 24.3 Å². The topological polar surface area (TPSA) is 98.2 Å². The summed E-state index contributed by atoms with van der Waals surface area (Å²) in [4.78, 5) is 32.7. The number of ether oxygens (including phenoxy) is 3. The molecule has 0 saturated heterocycles. The van der Waals surface area contributed by atoms with Crippen molar-refractivity contribution in [3.05, 3.63) is 71.1 Å². The first kappa shape index (κ1) is 24.7. The number of hydrogen-bond acceptors (Lipinski definition) is 10. The molecule has 1 aromatic carbocycles. The molecule has 1 atom stereocenters. The van der Waals surface area contributed by atoms with Crippen molar-refractivity contribution in [3.8, 4) is 0 Å². The summed E-state index contributed by atoms with van der Waals surface area (Å²) in [6.07, 6.45) is 1.13. The molecule has 0 unspecified atom stereocenters. The monoisotopic (exact) mass is 526 g/mol. The highest BCUT2D eigenvalue weighted by Gasteiger charge is 2.52. The summed E-state index contributed by atoms with van der Waals surface area (Å²) in [6, 6.07) is 10.1. The molecule has 1 N–H and O–H groups in total. The van der Waals surface area contributed by atoms with Crippen LogP contribution >= 0.6 is 21.6 Å². The number of cyclic esters (lactones) is 1. The van der Waals surface area contributed by atoms with E-state index in [1.54, 1.807) is 6.92 Å². The number of rotatable bonds is 8. The maximum atomic E-state index is 13.1. The molecular formula is C26H26N2O6S2. The van der Waals surface area contributed by atoms with Crippen molar-refractivity contribution < 1.29 is 28.9 Å². The fraction of sp³-hybridized carbons (Fsp3) is 0.346. The molecule has 1 aromatic heterocycles. The van der Waals surface area contributed by atoms with E-state index in [9.17, 15) is 9.59 Å². The summed E-state index contributed by atoms with van der Waals surface area (Å²) in [5.74, 6) is 0.500. The van der Waals surface area contributed by atoms with Gasteiger partial charge in [-0.2, -0.15) is 0 Å². The lowest BCUT2D eigenvalue weighted by Gasteiger charge is -2.40. The van der Waals surface area contributed by atoms with E-state index in [2.05, 4.69) is 17.5 Å². The molecule has 3 aliphatic heterocycles. The van der Waals surface area contributed by atoms with Crippen LogP contribution in [0, 0.1) is 0 Å². The number of esters is 1. The van der Waals surface area contributed by atoms with Gasteiger partial charge in [0.1, 0.15) is 13.2 Å². The molecule has 0 radical (unpaired) electrons. The maximum absolute atomic E-state index is 13.1. The summed E-state index contributed by atoms with van der Waals surface area (Å²) in [5.41, 5.74) is 3.93. The van der Waals surface area contributed by atoms with Gasteiger partial charge in [0, 0.05) is 39.3 Å². The van der Waals surface area contributed by atoms with Gasteiger partial charge in [-0.3, -0.25) is 0 Å². The van der Waals surface area contributed by atoms with Crippen LogP contribution in [0.2, 0.25) is 0 Å². The number of benzene rings is 1. The second kappa shape index (κ2) is 10.2. The number of carbonyl (C=O) groups is 2. The van der Waals surface area contributed by atoms with Crippen molar-refractivity contribution in [1.82, 2.24) is 9.88 Å². The third-order valence-electron chi connectivity index (χ3n) is 6.46. The average Bonchev–Trinajstić information content (AvgIpc) is 3.24. The maximum Gasteiger partial charge on any atom is 0.509 e. The van der Waals surface area contributed by atoms with E-state index >= 15 is 0 Å². The van der Waals surface area contributed by atoms with Gasteiger partial charge in [-0.05, 0) is 24.6 Å². The summed E-state index contributed by atoms with van der Waals surface area (Å²) in [5, 5.41) is 9.90. The number of aromatic nitrogens is 1. The van der Waals surface area contributed by atoms with Crippen LogP contribution in [0.5, 0.6) is 0 Å². The molecule has 0 saturated carbocycles. The first-order valence-electron chi connectivity index (χ1n) is 11.7. The second-order valence-electron chi connectivity index (χ2n) is 8.47. The normalized spacial score (nSPS) is 20.5. The number of pyridine rings is 1. The van der Waals surface area contributed by atoms with Gasteiger partial charge in [-0.25, -0.2) is 14.6 Å². The van der Waals surface area contributed by atoms with Crippen LogP contribution in [0.3, 0.4) is 0 Å². The van der Waals surface area contributed by atoms with Gasteiger partial charge in [0.25, 0.3) is 0 Å². The molecule has 8 nitrogen and oxygen atoms in total. The Hall–Kier alpha value is -2.95. The van der Waals surface area contributed by atoms with Gasteiger partial charge < -0.3 is 24.2 Å². The highest BCUT2D eigenvalue weighted by Crippen LogP contribution is 2.47. The molecular weight excluding hydrogens is 500 g/mol. The lowest BCUT2D eigenvalue weighted by atomic mass is 9.82. The van der Waals surface area contributed by atoms with Crippen molar-refractivity contribution in [2.24, 2.45) is 0 Å². The number of hydrogen-bond donors (Lipinski definition) is 1. The Morgan fingerprint density at radius 1 is 1.31 bits per heavy atom. The number of fused-ring (bicyclic) bond motifs is 4. The van der Waals surface area contributed by atoms with E-state index in [1.165, 1.54) is 21.6 Å². The highest BCUT2D eigenvalue weighted by molar-refractivity contribution is 8.76. The first-order valence-corrected chi connectivity index (χ1v) is 14.2. The second-order valence-corrected chi connectivity index (χ2v) is 11.2. The van der Waals surface area contributed by atoms with E-state index < -0.39 is 17.7 Å². The predicted molar refractivity (Wildman–Crippen MR) is 140 cm³/mol. The molecule has 0 amide bonds. The van der Waals surface area contributed by atoms with Gasteiger partial charge in [-0.1, -0.05) is 53.3 Å². The van der Waals surface area contributed by atoms with E-state index in [-0.39, 0.29) is 26.2 Å². The average molecular weight is 527 g/mol. The van der Waals surface area contributed by atoms with Crippen LogP contribution in [-0.2, 0) is 25.5 Å². The van der Waals surface area contributed by atoms with Crippen LogP contribution < -0.4 is 0 Å². The third kappa shape index (κ3) is 4.27. The van der Waals surface area contributed by atoms with E-state index in [0.29, 0.717) is 29.3 Å². The fourth-order valence-electron chi connectivity index (χ4n) is 4.69. The Morgan fingerprint density at radius 3 is 2.92 bits per heavy atom. The Labute approximate surface area is 216 Å². The summed E-state index contributed by atoms with van der Waals surface area (Å²) in [6.45, 7) is 6.94. The van der Waals surface area contributed by atoms with Crippen LogP contribution in [-0.4, -0.2) is 64.0 Å². The van der Waals surface area contributed by atoms with Gasteiger partial charge in [0.05, 0.1) is 30.1 Å². The SMILES string of the molecule is C=C1C2=C(C=C3c4nc5ccccc5cc4CN13)[C@](CC)(OC(=O)OCCSSCCO)C(=O)OC2. The summed E-state index contributed by atoms with van der Waals surface area (Å²) < 4.78 is 16.5. The Kier molecular flexibility index (Phi) is 7.00. The molecule has 5 rings (SSSR count). The molecule has 10 heteroatoms. The fourth-order valence-corrected chi connectivity index (χ4v) is 6.29. The van der Waals surface area contributed by atoms with Gasteiger partial charge in [0.15, 0.2) is 0 Å². The number of carbonyl (C=O) groups excluding carboxylic acids is 2. The first-order chi connectivity index (χ1) is 17.5. The molecule has 3 aliphatic rings. The molecule has 0 spiro atoms. The molecule has 0 fully saturated rings. The van der Waals surface area contributed by atoms with Gasteiger partial charge in [-0.15, -0.1) is 0 Å². The zero-order valence-corrected chi connectivity index (χ0v) is 21.5. The molecule has 4 heterocycles. The zero-order chi connectivity index (χ0) is 25.3. The van der Waals surface area contributed by atoms with Crippen molar-refractivity contribution in [2.75, 3.05) is 31.3 Å². The minimum Gasteiger partial charge on any atom is -0.457 e. The smallest absolute Gasteiger partial charge is 0.457 e. The third-order valence-corrected chi connectivity index (χ3v) is 8.81. The van der Waals surface area contributed by atoms with Crippen molar-refractivity contribution >= 4 is 50.3 Å². The molecule has 2 aromatic rings. The van der Waals surface area contributed by atoms with Gasteiger partial charge >= 0.3 is 12.1 Å². The molecule has 188 valence electrons. The van der Waals surface area contributed by atoms with Crippen LogP contribution in [0.15, 0.2) is 59.8 Å². The summed E-state index contributed by atoms with van der Waals surface area (Å²) >= 11 is 0. The lowest BCUT2D eigenvalue weighted by Crippen LogP contribution is -2.50.